The van der Waals surface area contributed by atoms with Crippen molar-refractivity contribution in [1.29, 1.82) is 0 Å². The predicted octanol–water partition coefficient (Wildman–Crippen LogP) is 6.65. The van der Waals surface area contributed by atoms with Gasteiger partial charge in [0.2, 0.25) is 0 Å². The van der Waals surface area contributed by atoms with Crippen molar-refractivity contribution in [2.75, 3.05) is 26.2 Å². The van der Waals surface area contributed by atoms with Crippen LogP contribution in [0.2, 0.25) is 0 Å². The van der Waals surface area contributed by atoms with Gasteiger partial charge in [0.15, 0.2) is 0 Å². The number of hydrogen-bond acceptors (Lipinski definition) is 3. The van der Waals surface area contributed by atoms with E-state index in [1.807, 2.05) is 0 Å². The number of aliphatic carboxylic acids is 3. The molecule has 0 atom stereocenters. The molecule has 7 nitrogen and oxygen atoms in total. The molecule has 0 aliphatic carbocycles. The molecule has 0 unspecified atom stereocenters. The quantitative estimate of drug-likeness (QED) is 0.0699. The molecule has 35 heavy (non-hydrogen) atoms. The van der Waals surface area contributed by atoms with Crippen molar-refractivity contribution in [2.24, 2.45) is 0 Å². The van der Waals surface area contributed by atoms with Crippen molar-refractivity contribution in [3.63, 3.8) is 0 Å². The first kappa shape index (κ1) is 33.1. The zero-order chi connectivity index (χ0) is 26.2. The maximum absolute atomic E-state index is 10.9. The van der Waals surface area contributed by atoms with E-state index in [1.54, 1.807) is 0 Å². The molecule has 0 spiro atoms. The fraction of sp³-hybridized carbons (Fsp3) is 0.821. The summed E-state index contributed by atoms with van der Waals surface area (Å²) in [4.78, 5) is 32.8. The molecule has 0 heterocycles. The second-order valence-corrected chi connectivity index (χ2v) is 9.96. The smallest absolute Gasteiger partial charge is 0.303 e. The van der Waals surface area contributed by atoms with Crippen molar-refractivity contribution < 1.29 is 34.2 Å². The summed E-state index contributed by atoms with van der Waals surface area (Å²) in [5, 5.41) is 27.0. The number of rotatable bonds is 26. The summed E-state index contributed by atoms with van der Waals surface area (Å²) in [5.41, 5.74) is 0. The predicted molar refractivity (Wildman–Crippen MR) is 141 cm³/mol. The number of hydrogen-bond donors (Lipinski definition) is 3. The minimum absolute atomic E-state index is 0.172. The average molecular weight is 499 g/mol. The van der Waals surface area contributed by atoms with Gasteiger partial charge in [0.1, 0.15) is 0 Å². The highest BCUT2D eigenvalue weighted by atomic mass is 16.4. The van der Waals surface area contributed by atoms with E-state index in [4.69, 9.17) is 15.3 Å². The minimum atomic E-state index is -0.771. The molecule has 0 bridgehead atoms. The van der Waals surface area contributed by atoms with Crippen LogP contribution in [0.25, 0.3) is 0 Å². The summed E-state index contributed by atoms with van der Waals surface area (Å²) in [6.07, 6.45) is 20.3. The summed E-state index contributed by atoms with van der Waals surface area (Å²) >= 11 is 0. The Morgan fingerprint density at radius 3 is 1.26 bits per heavy atom. The van der Waals surface area contributed by atoms with Gasteiger partial charge in [-0.15, -0.1) is 0 Å². The minimum Gasteiger partial charge on any atom is -0.481 e. The van der Waals surface area contributed by atoms with E-state index in [2.05, 4.69) is 19.1 Å². The number of carboxylic acid groups (broad SMARTS) is 3. The Bertz CT molecular complexity index is 535. The Kier molecular flexibility index (Phi) is 21.3. The molecular weight excluding hydrogens is 446 g/mol. The van der Waals surface area contributed by atoms with Crippen LogP contribution in [0.4, 0.5) is 0 Å². The highest BCUT2D eigenvalue weighted by Gasteiger charge is 2.26. The van der Waals surface area contributed by atoms with E-state index in [-0.39, 0.29) is 19.3 Å². The van der Waals surface area contributed by atoms with Crippen LogP contribution in [-0.2, 0) is 14.4 Å². The second-order valence-electron chi connectivity index (χ2n) is 9.96. The molecule has 0 aromatic heterocycles. The van der Waals surface area contributed by atoms with E-state index in [0.29, 0.717) is 19.3 Å². The van der Waals surface area contributed by atoms with Crippen LogP contribution >= 0.6 is 0 Å². The second kappa shape index (κ2) is 22.6. The lowest BCUT2D eigenvalue weighted by Crippen LogP contribution is -2.51. The highest BCUT2D eigenvalue weighted by molar-refractivity contribution is 5.67. The van der Waals surface area contributed by atoms with Crippen LogP contribution < -0.4 is 0 Å². The van der Waals surface area contributed by atoms with Gasteiger partial charge in [-0.1, -0.05) is 44.8 Å². The molecule has 3 N–H and O–H groups in total. The van der Waals surface area contributed by atoms with Crippen molar-refractivity contribution in [3.8, 4) is 0 Å². The number of nitrogens with zero attached hydrogens (tertiary/aromatic N) is 1. The van der Waals surface area contributed by atoms with Gasteiger partial charge in [0.05, 0.1) is 26.2 Å². The van der Waals surface area contributed by atoms with Crippen LogP contribution in [0, 0.1) is 0 Å². The summed E-state index contributed by atoms with van der Waals surface area (Å²) in [6, 6.07) is 0. The third-order valence-corrected chi connectivity index (χ3v) is 6.69. The van der Waals surface area contributed by atoms with Gasteiger partial charge in [0.25, 0.3) is 0 Å². The van der Waals surface area contributed by atoms with E-state index in [9.17, 15) is 14.4 Å². The number of allylic oxidation sites excluding steroid dienone is 2. The highest BCUT2D eigenvalue weighted by Crippen LogP contribution is 2.19. The lowest BCUT2D eigenvalue weighted by Gasteiger charge is -2.39. The van der Waals surface area contributed by atoms with Gasteiger partial charge < -0.3 is 19.8 Å². The lowest BCUT2D eigenvalue weighted by molar-refractivity contribution is -0.929. The van der Waals surface area contributed by atoms with Crippen LogP contribution in [0.15, 0.2) is 12.2 Å². The van der Waals surface area contributed by atoms with Gasteiger partial charge in [-0.05, 0) is 70.6 Å². The van der Waals surface area contributed by atoms with Crippen molar-refractivity contribution in [3.05, 3.63) is 12.2 Å². The molecule has 0 aliphatic heterocycles. The van der Waals surface area contributed by atoms with Crippen LogP contribution in [-0.4, -0.2) is 63.9 Å². The molecular formula is C28H52NO6+. The molecule has 0 aromatic rings. The largest absolute Gasteiger partial charge is 0.481 e. The first-order valence-corrected chi connectivity index (χ1v) is 14.0. The summed E-state index contributed by atoms with van der Waals surface area (Å²) in [6.45, 7) is 5.86. The Morgan fingerprint density at radius 2 is 0.857 bits per heavy atom. The lowest BCUT2D eigenvalue weighted by atomic mass is 10.1. The van der Waals surface area contributed by atoms with E-state index >= 15 is 0 Å². The summed E-state index contributed by atoms with van der Waals surface area (Å²) < 4.78 is 0.862. The Hall–Kier alpha value is -1.89. The SMILES string of the molecule is CCC/C=C/CCCCCCCC[N+](CCCCC(=O)O)(CCCCC(=O)O)CCCCC(=O)O. The van der Waals surface area contributed by atoms with Gasteiger partial charge in [-0.25, -0.2) is 0 Å². The third-order valence-electron chi connectivity index (χ3n) is 6.69. The number of unbranched alkanes of at least 4 members (excludes halogenated alkanes) is 10. The molecule has 0 radical (unpaired) electrons. The zero-order valence-electron chi connectivity index (χ0n) is 22.2. The van der Waals surface area contributed by atoms with Crippen LogP contribution in [0.5, 0.6) is 0 Å². The van der Waals surface area contributed by atoms with E-state index < -0.39 is 17.9 Å². The first-order valence-electron chi connectivity index (χ1n) is 14.0. The molecule has 0 aliphatic rings. The normalized spacial score (nSPS) is 11.8. The first-order chi connectivity index (χ1) is 16.8. The standard InChI is InChI=1S/C28H51NO6/c1-2-3-4-5-6-7-8-9-10-11-15-22-29(23-16-12-19-26(30)31,24-17-13-20-27(32)33)25-18-14-21-28(34)35/h4-5H,2-3,6-25H2,1H3,(H2-,30,31,32,33,34,35)/p+1/b5-4+. The number of carboxylic acids is 3. The monoisotopic (exact) mass is 498 g/mol. The third kappa shape index (κ3) is 22.3. The molecule has 0 aromatic carbocycles. The number of carbonyl (C=O) groups is 3. The zero-order valence-corrected chi connectivity index (χ0v) is 22.2. The fourth-order valence-electron chi connectivity index (χ4n) is 4.66. The van der Waals surface area contributed by atoms with E-state index in [0.717, 1.165) is 56.3 Å². The summed E-state index contributed by atoms with van der Waals surface area (Å²) in [7, 11) is 0. The summed E-state index contributed by atoms with van der Waals surface area (Å²) in [5.74, 6) is -2.31. The average Bonchev–Trinajstić information content (AvgIpc) is 2.80. The molecule has 0 saturated carbocycles. The Balaban J connectivity index is 4.72. The molecule has 0 fully saturated rings. The van der Waals surface area contributed by atoms with Crippen molar-refractivity contribution >= 4 is 17.9 Å². The van der Waals surface area contributed by atoms with Gasteiger partial charge in [0, 0.05) is 19.3 Å². The maximum Gasteiger partial charge on any atom is 0.303 e. The number of quaternary nitrogens is 1. The van der Waals surface area contributed by atoms with Gasteiger partial charge >= 0.3 is 17.9 Å². The van der Waals surface area contributed by atoms with E-state index in [1.165, 1.54) is 51.4 Å². The molecule has 0 rings (SSSR count). The molecule has 0 amide bonds. The topological polar surface area (TPSA) is 112 Å². The van der Waals surface area contributed by atoms with Crippen molar-refractivity contribution in [2.45, 2.75) is 122 Å². The van der Waals surface area contributed by atoms with Crippen LogP contribution in [0.1, 0.15) is 122 Å². The van der Waals surface area contributed by atoms with Crippen molar-refractivity contribution in [1.82, 2.24) is 0 Å². The Morgan fingerprint density at radius 1 is 0.514 bits per heavy atom. The molecule has 0 saturated heterocycles. The van der Waals surface area contributed by atoms with Gasteiger partial charge in [-0.3, -0.25) is 14.4 Å². The fourth-order valence-corrected chi connectivity index (χ4v) is 4.66. The maximum atomic E-state index is 10.9. The molecule has 7 heteroatoms. The Labute approximate surface area is 213 Å². The molecule has 204 valence electrons. The van der Waals surface area contributed by atoms with Gasteiger partial charge in [-0.2, -0.15) is 0 Å². The van der Waals surface area contributed by atoms with Crippen LogP contribution in [0.3, 0.4) is 0 Å².